The summed E-state index contributed by atoms with van der Waals surface area (Å²) in [6.07, 6.45) is -28.5. The second-order valence-electron chi connectivity index (χ2n) is 3.08. The number of carboxylic acid groups (broad SMARTS) is 1. The van der Waals surface area contributed by atoms with E-state index in [0.717, 1.165) is 0 Å². The van der Waals surface area contributed by atoms with Crippen LogP contribution in [0.15, 0.2) is 0 Å². The SMILES string of the molecule is O=C([O-])C(OC(F)(F)C(F)(F)F)(C(F)(F)F)C(F)(F)F. The Labute approximate surface area is 100 Å². The Morgan fingerprint density at radius 2 is 1.00 bits per heavy atom. The van der Waals surface area contributed by atoms with Gasteiger partial charge in [-0.2, -0.15) is 48.3 Å². The molecule has 0 heterocycles. The quantitative estimate of drug-likeness (QED) is 0.742. The van der Waals surface area contributed by atoms with Crippen LogP contribution in [-0.2, 0) is 9.53 Å². The third-order valence-electron chi connectivity index (χ3n) is 1.70. The van der Waals surface area contributed by atoms with E-state index in [9.17, 15) is 58.2 Å². The van der Waals surface area contributed by atoms with Crippen LogP contribution in [0.3, 0.4) is 0 Å². The maximum atomic E-state index is 12.2. The highest BCUT2D eigenvalue weighted by atomic mass is 19.4. The van der Waals surface area contributed by atoms with Gasteiger partial charge in [-0.1, -0.05) is 0 Å². The van der Waals surface area contributed by atoms with E-state index in [2.05, 4.69) is 0 Å². The molecular weight excluding hydrogens is 329 g/mol. The summed E-state index contributed by atoms with van der Waals surface area (Å²) in [6.45, 7) is 0. The van der Waals surface area contributed by atoms with Crippen molar-refractivity contribution in [2.45, 2.75) is 30.2 Å². The van der Waals surface area contributed by atoms with E-state index >= 15 is 0 Å². The van der Waals surface area contributed by atoms with Crippen molar-refractivity contribution >= 4 is 5.97 Å². The van der Waals surface area contributed by atoms with E-state index in [-0.39, 0.29) is 0 Å². The van der Waals surface area contributed by atoms with E-state index in [1.54, 1.807) is 4.74 Å². The number of hydrogen-bond acceptors (Lipinski definition) is 3. The molecule has 0 amide bonds. The molecule has 0 aromatic carbocycles. The van der Waals surface area contributed by atoms with Crippen LogP contribution in [0.25, 0.3) is 0 Å². The summed E-state index contributed by atoms with van der Waals surface area (Å²) in [4.78, 5) is 9.94. The molecule has 0 aromatic rings. The van der Waals surface area contributed by atoms with Gasteiger partial charge in [0.2, 0.25) is 0 Å². The number of carboxylic acids is 1. The molecule has 0 spiro atoms. The largest absolute Gasteiger partial charge is 0.546 e. The zero-order chi connectivity index (χ0) is 16.8. The molecule has 3 nitrogen and oxygen atoms in total. The van der Waals surface area contributed by atoms with E-state index < -0.39 is 36.2 Å². The first kappa shape index (κ1) is 18.7. The number of carbonyl (C=O) groups excluding carboxylic acids is 1. The van der Waals surface area contributed by atoms with Crippen molar-refractivity contribution in [3.8, 4) is 0 Å². The van der Waals surface area contributed by atoms with Gasteiger partial charge in [0.05, 0.1) is 5.97 Å². The lowest BCUT2D eigenvalue weighted by Crippen LogP contribution is -2.71. The highest BCUT2D eigenvalue weighted by molar-refractivity contribution is 5.78. The average Bonchev–Trinajstić information content (AvgIpc) is 2.07. The highest BCUT2D eigenvalue weighted by Gasteiger charge is 2.79. The van der Waals surface area contributed by atoms with Gasteiger partial charge in [0.25, 0.3) is 0 Å². The topological polar surface area (TPSA) is 49.4 Å². The van der Waals surface area contributed by atoms with Crippen molar-refractivity contribution in [3.63, 3.8) is 0 Å². The number of hydrogen-bond donors (Lipinski definition) is 0. The molecule has 0 atom stereocenters. The monoisotopic (exact) mass is 329 g/mol. The van der Waals surface area contributed by atoms with Crippen LogP contribution in [0.4, 0.5) is 48.3 Å². The molecule has 120 valence electrons. The Hall–Kier alpha value is -1.34. The molecule has 0 bridgehead atoms. The van der Waals surface area contributed by atoms with Crippen LogP contribution >= 0.6 is 0 Å². The number of aliphatic carboxylic acids is 1. The standard InChI is InChI=1S/C6HF11O3/c7-3(8,9)2(1(18)19,4(10,11)12)20-6(16,17)5(13,14)15/h(H,18,19)/p-1. The predicted molar refractivity (Wildman–Crippen MR) is 31.9 cm³/mol. The van der Waals surface area contributed by atoms with Crippen molar-refractivity contribution in [1.29, 1.82) is 0 Å². The van der Waals surface area contributed by atoms with Crippen LogP contribution in [-0.4, -0.2) is 36.2 Å². The van der Waals surface area contributed by atoms with Gasteiger partial charge < -0.3 is 9.90 Å². The number of alkyl halides is 11. The van der Waals surface area contributed by atoms with Crippen molar-refractivity contribution in [1.82, 2.24) is 0 Å². The fourth-order valence-corrected chi connectivity index (χ4v) is 0.800. The minimum Gasteiger partial charge on any atom is -0.546 e. The molecule has 0 fully saturated rings. The van der Waals surface area contributed by atoms with Crippen molar-refractivity contribution in [3.05, 3.63) is 0 Å². The van der Waals surface area contributed by atoms with Gasteiger partial charge in [0.15, 0.2) is 0 Å². The minimum absolute atomic E-state index is 1.61. The molecule has 0 aliphatic rings. The van der Waals surface area contributed by atoms with Crippen LogP contribution in [0.1, 0.15) is 0 Å². The first-order valence-electron chi connectivity index (χ1n) is 3.90. The molecule has 0 N–H and O–H groups in total. The van der Waals surface area contributed by atoms with Gasteiger partial charge in [-0.25, -0.2) is 0 Å². The molecule has 0 saturated heterocycles. The fourth-order valence-electron chi connectivity index (χ4n) is 0.800. The van der Waals surface area contributed by atoms with E-state index in [0.29, 0.717) is 0 Å². The van der Waals surface area contributed by atoms with E-state index in [4.69, 9.17) is 0 Å². The summed E-state index contributed by atoms with van der Waals surface area (Å²) in [5, 5.41) is 9.94. The summed E-state index contributed by atoms with van der Waals surface area (Å²) in [5.41, 5.74) is -6.85. The van der Waals surface area contributed by atoms with Gasteiger partial charge in [0.1, 0.15) is 0 Å². The Morgan fingerprint density at radius 3 is 1.15 bits per heavy atom. The second kappa shape index (κ2) is 4.60. The van der Waals surface area contributed by atoms with Crippen molar-refractivity contribution < 1.29 is 62.9 Å². The Bertz CT molecular complexity index is 361. The highest BCUT2D eigenvalue weighted by Crippen LogP contribution is 2.51. The smallest absolute Gasteiger partial charge is 0.483 e. The maximum absolute atomic E-state index is 12.2. The number of carbonyl (C=O) groups is 1. The molecule has 0 aromatic heterocycles. The maximum Gasteiger partial charge on any atom is 0.483 e. The molecule has 14 heteroatoms. The van der Waals surface area contributed by atoms with Crippen molar-refractivity contribution in [2.24, 2.45) is 0 Å². The molecular formula is C6F11O3-. The lowest BCUT2D eigenvalue weighted by atomic mass is 10.0. The Morgan fingerprint density at radius 1 is 0.700 bits per heavy atom. The Balaban J connectivity index is 6.14. The third-order valence-corrected chi connectivity index (χ3v) is 1.70. The summed E-state index contributed by atoms with van der Waals surface area (Å²) in [6, 6.07) is 0. The summed E-state index contributed by atoms with van der Waals surface area (Å²) in [7, 11) is 0. The first-order valence-corrected chi connectivity index (χ1v) is 3.90. The molecule has 0 radical (unpaired) electrons. The molecule has 0 aliphatic carbocycles. The number of rotatable bonds is 3. The molecule has 0 rings (SSSR count). The van der Waals surface area contributed by atoms with E-state index in [1.807, 2.05) is 0 Å². The lowest BCUT2D eigenvalue weighted by molar-refractivity contribution is -0.488. The van der Waals surface area contributed by atoms with Gasteiger partial charge in [-0.05, 0) is 0 Å². The van der Waals surface area contributed by atoms with Gasteiger partial charge >= 0.3 is 30.2 Å². The number of ether oxygens (including phenoxy) is 1. The summed E-state index contributed by atoms with van der Waals surface area (Å²) < 4.78 is 133. The second-order valence-corrected chi connectivity index (χ2v) is 3.08. The molecule has 0 saturated carbocycles. The van der Waals surface area contributed by atoms with Gasteiger partial charge in [0, 0.05) is 0 Å². The lowest BCUT2D eigenvalue weighted by Gasteiger charge is -2.39. The van der Waals surface area contributed by atoms with Crippen LogP contribution in [0.2, 0.25) is 0 Å². The Kier molecular flexibility index (Phi) is 4.29. The number of halogens is 11. The molecule has 0 aliphatic heterocycles. The zero-order valence-electron chi connectivity index (χ0n) is 8.38. The molecule has 0 unspecified atom stereocenters. The fraction of sp³-hybridized carbons (Fsp3) is 0.833. The zero-order valence-corrected chi connectivity index (χ0v) is 8.38. The predicted octanol–water partition coefficient (Wildman–Crippen LogP) is 1.77. The van der Waals surface area contributed by atoms with Crippen LogP contribution in [0.5, 0.6) is 0 Å². The van der Waals surface area contributed by atoms with Crippen LogP contribution < -0.4 is 5.11 Å². The third kappa shape index (κ3) is 2.88. The van der Waals surface area contributed by atoms with Crippen molar-refractivity contribution in [2.75, 3.05) is 0 Å². The minimum atomic E-state index is -7.20. The normalized spacial score (nSPS) is 15.3. The van der Waals surface area contributed by atoms with Crippen LogP contribution in [0, 0.1) is 0 Å². The first-order chi connectivity index (χ1) is 8.40. The summed E-state index contributed by atoms with van der Waals surface area (Å²) >= 11 is 0. The summed E-state index contributed by atoms with van der Waals surface area (Å²) in [5.74, 6) is -4.37. The molecule has 20 heavy (non-hydrogen) atoms. The van der Waals surface area contributed by atoms with Gasteiger partial charge in [-0.3, -0.25) is 4.74 Å². The van der Waals surface area contributed by atoms with Gasteiger partial charge in [-0.15, -0.1) is 0 Å². The van der Waals surface area contributed by atoms with E-state index in [1.165, 1.54) is 0 Å². The average molecular weight is 329 g/mol.